The van der Waals surface area contributed by atoms with Crippen molar-refractivity contribution in [2.24, 2.45) is 11.8 Å². The number of aromatic nitrogens is 4. The fourth-order valence-corrected chi connectivity index (χ4v) is 4.20. The van der Waals surface area contributed by atoms with Crippen LogP contribution in [0.4, 0.5) is 17.5 Å². The van der Waals surface area contributed by atoms with Gasteiger partial charge in [0, 0.05) is 35.9 Å². The Labute approximate surface area is 152 Å². The van der Waals surface area contributed by atoms with Gasteiger partial charge in [-0.1, -0.05) is 0 Å². The maximum Gasteiger partial charge on any atom is 0.227 e. The molecule has 134 valence electrons. The van der Waals surface area contributed by atoms with E-state index in [1.807, 2.05) is 31.3 Å². The summed E-state index contributed by atoms with van der Waals surface area (Å²) in [6, 6.07) is 8.13. The molecule has 7 heteroatoms. The van der Waals surface area contributed by atoms with E-state index in [2.05, 4.69) is 31.8 Å². The van der Waals surface area contributed by atoms with Crippen molar-refractivity contribution >= 4 is 28.4 Å². The lowest BCUT2D eigenvalue weighted by molar-refractivity contribution is 0.248. The van der Waals surface area contributed by atoms with E-state index in [9.17, 15) is 0 Å². The van der Waals surface area contributed by atoms with Gasteiger partial charge in [-0.2, -0.15) is 10.1 Å². The van der Waals surface area contributed by atoms with Crippen molar-refractivity contribution in [3.8, 4) is 0 Å². The second kappa shape index (κ2) is 6.25. The van der Waals surface area contributed by atoms with Gasteiger partial charge >= 0.3 is 0 Å². The molecule has 3 N–H and O–H groups in total. The van der Waals surface area contributed by atoms with E-state index in [0.29, 0.717) is 11.8 Å². The van der Waals surface area contributed by atoms with Crippen LogP contribution in [-0.2, 0) is 0 Å². The Balaban J connectivity index is 1.41. The number of H-pyrrole nitrogens is 1. The predicted molar refractivity (Wildman–Crippen MR) is 103 cm³/mol. The molecule has 0 amide bonds. The highest BCUT2D eigenvalue weighted by atomic mass is 15.3. The molecule has 7 nitrogen and oxygen atoms in total. The first-order valence-corrected chi connectivity index (χ1v) is 9.24. The van der Waals surface area contributed by atoms with E-state index in [1.54, 1.807) is 0 Å². The SMILES string of the molecule is Cc1cc(Nc2ccc3[nH]ncc3c2)nc(N2CC3CNCC(C3)C2)n1. The van der Waals surface area contributed by atoms with Crippen LogP contribution in [0.15, 0.2) is 30.5 Å². The highest BCUT2D eigenvalue weighted by Crippen LogP contribution is 2.28. The number of rotatable bonds is 3. The van der Waals surface area contributed by atoms with Gasteiger partial charge in [-0.25, -0.2) is 4.98 Å². The van der Waals surface area contributed by atoms with Crippen molar-refractivity contribution in [2.75, 3.05) is 36.4 Å². The Hall–Kier alpha value is -2.67. The molecule has 5 rings (SSSR count). The Kier molecular flexibility index (Phi) is 3.74. The number of hydrogen-bond acceptors (Lipinski definition) is 6. The Bertz CT molecular complexity index is 923. The van der Waals surface area contributed by atoms with E-state index in [-0.39, 0.29) is 0 Å². The van der Waals surface area contributed by atoms with Crippen LogP contribution in [0.3, 0.4) is 0 Å². The predicted octanol–water partition coefficient (Wildman–Crippen LogP) is 2.45. The molecule has 2 saturated heterocycles. The smallest absolute Gasteiger partial charge is 0.227 e. The van der Waals surface area contributed by atoms with Crippen LogP contribution in [0.2, 0.25) is 0 Å². The molecule has 4 heterocycles. The second-order valence-corrected chi connectivity index (χ2v) is 7.52. The average molecular weight is 349 g/mol. The molecule has 0 spiro atoms. The number of benzene rings is 1. The molecular formula is C19H23N7. The van der Waals surface area contributed by atoms with E-state index < -0.39 is 0 Å². The zero-order chi connectivity index (χ0) is 17.5. The zero-order valence-electron chi connectivity index (χ0n) is 14.9. The van der Waals surface area contributed by atoms with Gasteiger partial charge in [0.2, 0.25) is 5.95 Å². The number of anilines is 3. The number of aromatic amines is 1. The number of aryl methyl sites for hydroxylation is 1. The van der Waals surface area contributed by atoms with Crippen LogP contribution < -0.4 is 15.5 Å². The Morgan fingerprint density at radius 1 is 1.12 bits per heavy atom. The largest absolute Gasteiger partial charge is 0.340 e. The fraction of sp³-hybridized carbons (Fsp3) is 0.421. The molecule has 0 aliphatic carbocycles. The third kappa shape index (κ3) is 2.99. The van der Waals surface area contributed by atoms with Crippen molar-refractivity contribution in [1.82, 2.24) is 25.5 Å². The second-order valence-electron chi connectivity index (χ2n) is 7.52. The minimum Gasteiger partial charge on any atom is -0.340 e. The van der Waals surface area contributed by atoms with Crippen LogP contribution in [0, 0.1) is 18.8 Å². The van der Waals surface area contributed by atoms with Crippen LogP contribution in [0.25, 0.3) is 10.9 Å². The Morgan fingerprint density at radius 3 is 2.81 bits per heavy atom. The lowest BCUT2D eigenvalue weighted by Crippen LogP contribution is -2.51. The van der Waals surface area contributed by atoms with Gasteiger partial charge in [-0.05, 0) is 56.5 Å². The van der Waals surface area contributed by atoms with E-state index in [4.69, 9.17) is 9.97 Å². The molecule has 3 aromatic rings. The van der Waals surface area contributed by atoms with E-state index in [0.717, 1.165) is 60.2 Å². The first kappa shape index (κ1) is 15.6. The summed E-state index contributed by atoms with van der Waals surface area (Å²) in [6.07, 6.45) is 3.16. The highest BCUT2D eigenvalue weighted by molar-refractivity contribution is 5.82. The minimum absolute atomic E-state index is 0.700. The summed E-state index contributed by atoms with van der Waals surface area (Å²) >= 11 is 0. The standard InChI is InChI=1S/C19H23N7/c1-12-4-18(23-16-2-3-17-15(6-16)9-21-25-17)24-19(22-12)26-10-13-5-14(11-26)8-20-7-13/h2-4,6,9,13-14,20H,5,7-8,10-11H2,1H3,(H,21,25)(H,22,23,24). The first-order valence-electron chi connectivity index (χ1n) is 9.24. The number of fused-ring (bicyclic) bond motifs is 3. The molecule has 2 aliphatic rings. The van der Waals surface area contributed by atoms with Crippen molar-refractivity contribution in [2.45, 2.75) is 13.3 Å². The maximum atomic E-state index is 4.81. The topological polar surface area (TPSA) is 81.8 Å². The quantitative estimate of drug-likeness (QED) is 0.674. The summed E-state index contributed by atoms with van der Waals surface area (Å²) in [5.74, 6) is 3.08. The summed E-state index contributed by atoms with van der Waals surface area (Å²) in [6.45, 7) is 6.31. The summed E-state index contributed by atoms with van der Waals surface area (Å²) in [7, 11) is 0. The van der Waals surface area contributed by atoms with Crippen molar-refractivity contribution in [1.29, 1.82) is 0 Å². The molecular weight excluding hydrogens is 326 g/mol. The maximum absolute atomic E-state index is 4.81. The highest BCUT2D eigenvalue weighted by Gasteiger charge is 2.31. The summed E-state index contributed by atoms with van der Waals surface area (Å²) < 4.78 is 0. The molecule has 26 heavy (non-hydrogen) atoms. The monoisotopic (exact) mass is 349 g/mol. The molecule has 2 unspecified atom stereocenters. The molecule has 2 bridgehead atoms. The summed E-state index contributed by atoms with van der Waals surface area (Å²) in [5, 5.41) is 15.1. The lowest BCUT2D eigenvalue weighted by Gasteiger charge is -2.41. The van der Waals surface area contributed by atoms with Gasteiger partial charge in [-0.15, -0.1) is 0 Å². The minimum atomic E-state index is 0.700. The first-order chi connectivity index (χ1) is 12.7. The molecule has 0 saturated carbocycles. The third-order valence-corrected chi connectivity index (χ3v) is 5.33. The molecule has 2 aromatic heterocycles. The lowest BCUT2D eigenvalue weighted by atomic mass is 9.86. The van der Waals surface area contributed by atoms with Crippen molar-refractivity contribution < 1.29 is 0 Å². The molecule has 0 radical (unpaired) electrons. The average Bonchev–Trinajstić information content (AvgIpc) is 3.08. The number of nitrogens with one attached hydrogen (secondary N) is 3. The van der Waals surface area contributed by atoms with Crippen molar-refractivity contribution in [3.63, 3.8) is 0 Å². The van der Waals surface area contributed by atoms with Crippen LogP contribution in [-0.4, -0.2) is 46.3 Å². The summed E-state index contributed by atoms with van der Waals surface area (Å²) in [5.41, 5.74) is 3.02. The van der Waals surface area contributed by atoms with Crippen LogP contribution in [0.1, 0.15) is 12.1 Å². The van der Waals surface area contributed by atoms with Gasteiger partial charge < -0.3 is 15.5 Å². The number of hydrogen-bond donors (Lipinski definition) is 3. The van der Waals surface area contributed by atoms with Crippen molar-refractivity contribution in [3.05, 3.63) is 36.2 Å². The summed E-state index contributed by atoms with van der Waals surface area (Å²) in [4.78, 5) is 11.9. The normalized spacial score (nSPS) is 22.6. The zero-order valence-corrected chi connectivity index (χ0v) is 14.9. The molecule has 2 aliphatic heterocycles. The van der Waals surface area contributed by atoms with E-state index >= 15 is 0 Å². The van der Waals surface area contributed by atoms with E-state index in [1.165, 1.54) is 6.42 Å². The third-order valence-electron chi connectivity index (χ3n) is 5.33. The van der Waals surface area contributed by atoms with Crippen LogP contribution >= 0.6 is 0 Å². The molecule has 2 fully saturated rings. The van der Waals surface area contributed by atoms with Gasteiger partial charge in [0.25, 0.3) is 0 Å². The number of piperidine rings is 2. The molecule has 2 atom stereocenters. The van der Waals surface area contributed by atoms with Gasteiger partial charge in [0.15, 0.2) is 0 Å². The van der Waals surface area contributed by atoms with Gasteiger partial charge in [0.1, 0.15) is 5.82 Å². The van der Waals surface area contributed by atoms with Crippen LogP contribution in [0.5, 0.6) is 0 Å². The van der Waals surface area contributed by atoms with Gasteiger partial charge in [-0.3, -0.25) is 5.10 Å². The number of nitrogens with zero attached hydrogens (tertiary/aromatic N) is 4. The Morgan fingerprint density at radius 2 is 1.96 bits per heavy atom. The fourth-order valence-electron chi connectivity index (χ4n) is 4.20. The molecule has 1 aromatic carbocycles. The van der Waals surface area contributed by atoms with Gasteiger partial charge in [0.05, 0.1) is 11.7 Å².